The summed E-state index contributed by atoms with van der Waals surface area (Å²) in [7, 11) is 0. The lowest BCUT2D eigenvalue weighted by atomic mass is 10.2. The Bertz CT molecular complexity index is 935. The summed E-state index contributed by atoms with van der Waals surface area (Å²) in [6.45, 7) is 0.245. The third-order valence-electron chi connectivity index (χ3n) is 3.79. The van der Waals surface area contributed by atoms with Crippen LogP contribution in [0.15, 0.2) is 58.2 Å². The molecule has 128 valence electrons. The fourth-order valence-electron chi connectivity index (χ4n) is 2.43. The van der Waals surface area contributed by atoms with Gasteiger partial charge in [0.05, 0.1) is 17.3 Å². The molecule has 25 heavy (non-hydrogen) atoms. The molecular formula is C19H18N2O3S. The number of benzene rings is 2. The number of H-pyrrole nitrogens is 1. The standard InChI is InChI=1S/C19H18N2O3S/c1-25-14-8-6-13(7-9-14)12-24-18(22)11-10-17-20-16-5-3-2-4-15(16)19(23)21-17/h2-9H,10-12H2,1H3,(H,20,21,23). The van der Waals surface area contributed by atoms with Crippen LogP contribution in [0.25, 0.3) is 10.9 Å². The lowest BCUT2D eigenvalue weighted by Crippen LogP contribution is -2.13. The smallest absolute Gasteiger partial charge is 0.306 e. The summed E-state index contributed by atoms with van der Waals surface area (Å²) in [4.78, 5) is 32.2. The molecule has 0 radical (unpaired) electrons. The first-order valence-electron chi connectivity index (χ1n) is 7.92. The van der Waals surface area contributed by atoms with Crippen LogP contribution in [0.1, 0.15) is 17.8 Å². The zero-order valence-corrected chi connectivity index (χ0v) is 14.6. The zero-order chi connectivity index (χ0) is 17.6. The Morgan fingerprint density at radius 2 is 1.92 bits per heavy atom. The van der Waals surface area contributed by atoms with Crippen molar-refractivity contribution in [3.63, 3.8) is 0 Å². The number of thioether (sulfide) groups is 1. The summed E-state index contributed by atoms with van der Waals surface area (Å²) in [6, 6.07) is 15.0. The number of carbonyl (C=O) groups excluding carboxylic acids is 1. The maximum Gasteiger partial charge on any atom is 0.306 e. The summed E-state index contributed by atoms with van der Waals surface area (Å²) in [5.41, 5.74) is 1.38. The highest BCUT2D eigenvalue weighted by molar-refractivity contribution is 7.98. The Kier molecular flexibility index (Phi) is 5.50. The summed E-state index contributed by atoms with van der Waals surface area (Å²) in [5.74, 6) is 0.176. The van der Waals surface area contributed by atoms with Gasteiger partial charge in [-0.3, -0.25) is 9.59 Å². The Morgan fingerprint density at radius 1 is 1.16 bits per heavy atom. The largest absolute Gasteiger partial charge is 0.461 e. The molecule has 0 atom stereocenters. The Morgan fingerprint density at radius 3 is 2.68 bits per heavy atom. The average Bonchev–Trinajstić information content (AvgIpc) is 2.65. The van der Waals surface area contributed by atoms with Crippen LogP contribution >= 0.6 is 11.8 Å². The number of hydrogen-bond donors (Lipinski definition) is 1. The molecule has 0 unspecified atom stereocenters. The Labute approximate surface area is 149 Å². The molecule has 0 aliphatic heterocycles. The number of aromatic nitrogens is 2. The molecule has 1 heterocycles. The van der Waals surface area contributed by atoms with Crippen LogP contribution < -0.4 is 5.56 Å². The van der Waals surface area contributed by atoms with Gasteiger partial charge < -0.3 is 9.72 Å². The van der Waals surface area contributed by atoms with E-state index in [0.717, 1.165) is 5.56 Å². The van der Waals surface area contributed by atoms with Crippen LogP contribution in [0.5, 0.6) is 0 Å². The van der Waals surface area contributed by atoms with Gasteiger partial charge in [0.15, 0.2) is 0 Å². The number of ether oxygens (including phenoxy) is 1. The second kappa shape index (κ2) is 7.98. The average molecular weight is 354 g/mol. The van der Waals surface area contributed by atoms with E-state index in [0.29, 0.717) is 23.1 Å². The van der Waals surface area contributed by atoms with Gasteiger partial charge >= 0.3 is 5.97 Å². The summed E-state index contributed by atoms with van der Waals surface area (Å²) in [5, 5.41) is 0.544. The van der Waals surface area contributed by atoms with Crippen LogP contribution in [0.3, 0.4) is 0 Å². The van der Waals surface area contributed by atoms with Gasteiger partial charge in [-0.15, -0.1) is 11.8 Å². The predicted molar refractivity (Wildman–Crippen MR) is 98.7 cm³/mol. The van der Waals surface area contributed by atoms with Gasteiger partial charge in [-0.25, -0.2) is 4.98 Å². The van der Waals surface area contributed by atoms with Gasteiger partial charge in [-0.2, -0.15) is 0 Å². The van der Waals surface area contributed by atoms with Gasteiger partial charge in [0.25, 0.3) is 5.56 Å². The van der Waals surface area contributed by atoms with Crippen LogP contribution in [0.2, 0.25) is 0 Å². The molecule has 0 spiro atoms. The van der Waals surface area contributed by atoms with E-state index >= 15 is 0 Å². The lowest BCUT2D eigenvalue weighted by molar-refractivity contribution is -0.144. The molecule has 1 aromatic heterocycles. The maximum absolute atomic E-state index is 12.0. The number of nitrogens with zero attached hydrogens (tertiary/aromatic N) is 1. The highest BCUT2D eigenvalue weighted by Gasteiger charge is 2.08. The van der Waals surface area contributed by atoms with Gasteiger partial charge in [0, 0.05) is 11.3 Å². The number of nitrogens with one attached hydrogen (secondary N) is 1. The number of fused-ring (bicyclic) bond motifs is 1. The fourth-order valence-corrected chi connectivity index (χ4v) is 2.84. The highest BCUT2D eigenvalue weighted by Crippen LogP contribution is 2.15. The molecule has 0 aliphatic rings. The number of para-hydroxylation sites is 1. The van der Waals surface area contributed by atoms with E-state index in [-0.39, 0.29) is 24.6 Å². The van der Waals surface area contributed by atoms with Gasteiger partial charge in [-0.05, 0) is 36.1 Å². The number of aryl methyl sites for hydroxylation is 1. The lowest BCUT2D eigenvalue weighted by Gasteiger charge is -2.06. The first-order chi connectivity index (χ1) is 12.2. The number of aromatic amines is 1. The van der Waals surface area contributed by atoms with Gasteiger partial charge in [-0.1, -0.05) is 24.3 Å². The van der Waals surface area contributed by atoms with Crippen molar-refractivity contribution in [3.8, 4) is 0 Å². The molecule has 6 heteroatoms. The molecule has 3 aromatic rings. The number of esters is 1. The minimum atomic E-state index is -0.315. The second-order valence-electron chi connectivity index (χ2n) is 5.54. The molecule has 3 rings (SSSR count). The number of hydrogen-bond acceptors (Lipinski definition) is 5. The van der Waals surface area contributed by atoms with Crippen LogP contribution in [-0.4, -0.2) is 22.2 Å². The molecular weight excluding hydrogens is 336 g/mol. The van der Waals surface area contributed by atoms with E-state index in [1.165, 1.54) is 4.90 Å². The first kappa shape index (κ1) is 17.2. The van der Waals surface area contributed by atoms with E-state index in [4.69, 9.17) is 4.74 Å². The second-order valence-corrected chi connectivity index (χ2v) is 6.42. The normalized spacial score (nSPS) is 10.8. The van der Waals surface area contributed by atoms with Crippen LogP contribution in [-0.2, 0) is 22.6 Å². The minimum Gasteiger partial charge on any atom is -0.461 e. The molecule has 0 bridgehead atoms. The molecule has 0 saturated carbocycles. The quantitative estimate of drug-likeness (QED) is 0.543. The van der Waals surface area contributed by atoms with E-state index in [1.807, 2.05) is 36.6 Å². The van der Waals surface area contributed by atoms with E-state index in [9.17, 15) is 9.59 Å². The molecule has 0 fully saturated rings. The van der Waals surface area contributed by atoms with E-state index < -0.39 is 0 Å². The van der Waals surface area contributed by atoms with E-state index in [1.54, 1.807) is 30.0 Å². The summed E-state index contributed by atoms with van der Waals surface area (Å²) < 4.78 is 5.28. The van der Waals surface area contributed by atoms with Gasteiger partial charge in [0.1, 0.15) is 12.4 Å². The van der Waals surface area contributed by atoms with Crippen molar-refractivity contribution in [2.75, 3.05) is 6.26 Å². The topological polar surface area (TPSA) is 72.0 Å². The van der Waals surface area contributed by atoms with Crippen molar-refractivity contribution < 1.29 is 9.53 Å². The van der Waals surface area contributed by atoms with Gasteiger partial charge in [0.2, 0.25) is 0 Å². The van der Waals surface area contributed by atoms with Crippen molar-refractivity contribution in [1.82, 2.24) is 9.97 Å². The van der Waals surface area contributed by atoms with Crippen molar-refractivity contribution in [3.05, 3.63) is 70.3 Å². The number of carbonyl (C=O) groups is 1. The monoisotopic (exact) mass is 354 g/mol. The minimum absolute atomic E-state index is 0.171. The molecule has 5 nitrogen and oxygen atoms in total. The summed E-state index contributed by atoms with van der Waals surface area (Å²) >= 11 is 1.67. The predicted octanol–water partition coefficient (Wildman–Crippen LogP) is 3.32. The SMILES string of the molecule is CSc1ccc(COC(=O)CCc2nc3ccccc3c(=O)[nH]2)cc1. The van der Waals surface area contributed by atoms with E-state index in [2.05, 4.69) is 9.97 Å². The van der Waals surface area contributed by atoms with Crippen molar-refractivity contribution in [2.24, 2.45) is 0 Å². The van der Waals surface area contributed by atoms with Crippen LogP contribution in [0.4, 0.5) is 0 Å². The summed E-state index contributed by atoms with van der Waals surface area (Å²) in [6.07, 6.45) is 2.52. The first-order valence-corrected chi connectivity index (χ1v) is 9.14. The molecule has 0 aliphatic carbocycles. The van der Waals surface area contributed by atoms with Crippen LogP contribution in [0, 0.1) is 0 Å². The molecule has 0 saturated heterocycles. The molecule has 0 amide bonds. The van der Waals surface area contributed by atoms with Crippen molar-refractivity contribution in [1.29, 1.82) is 0 Å². The Hall–Kier alpha value is -2.60. The third-order valence-corrected chi connectivity index (χ3v) is 4.53. The van der Waals surface area contributed by atoms with Crippen molar-refractivity contribution in [2.45, 2.75) is 24.3 Å². The maximum atomic E-state index is 12.0. The van der Waals surface area contributed by atoms with Crippen molar-refractivity contribution >= 4 is 28.6 Å². The molecule has 1 N–H and O–H groups in total. The highest BCUT2D eigenvalue weighted by atomic mass is 32.2. The molecule has 2 aromatic carbocycles. The number of rotatable bonds is 6. The Balaban J connectivity index is 1.56. The zero-order valence-electron chi connectivity index (χ0n) is 13.8. The fraction of sp³-hybridized carbons (Fsp3) is 0.211. The third kappa shape index (κ3) is 4.48.